The maximum absolute atomic E-state index is 14.2. The highest BCUT2D eigenvalue weighted by Crippen LogP contribution is 2.38. The number of nitrogens with zero attached hydrogens (tertiary/aromatic N) is 1. The van der Waals surface area contributed by atoms with Crippen LogP contribution in [0.4, 0.5) is 4.79 Å². The molecule has 0 aromatic heterocycles. The van der Waals surface area contributed by atoms with Gasteiger partial charge in [-0.2, -0.15) is 0 Å². The summed E-state index contributed by atoms with van der Waals surface area (Å²) < 4.78 is 5.97. The molecule has 6 atom stereocenters. The second-order valence-corrected chi connectivity index (χ2v) is 18.6. The van der Waals surface area contributed by atoms with Crippen LogP contribution in [0.1, 0.15) is 123 Å². The minimum atomic E-state index is -1.60. The third kappa shape index (κ3) is 11.1. The summed E-state index contributed by atoms with van der Waals surface area (Å²) in [4.78, 5) is 69.3. The van der Waals surface area contributed by atoms with Crippen LogP contribution in [0.15, 0.2) is 24.3 Å². The molecule has 2 aliphatic heterocycles. The highest BCUT2D eigenvalue weighted by atomic mass is 35.5. The SMILES string of the molecule is CC(C)(C)C(=O)N1CCC2(CC1)C[C@H](C[C@H](NC(=O)[C@H](CC1CCCCC1)OC(=O)NC1CCCC1Cc1cccc(Cl)c1)[C@H](O)C(=O)NC1CC1)C(=O)N2. The summed E-state index contributed by atoms with van der Waals surface area (Å²) in [5.41, 5.74) is 0.110. The van der Waals surface area contributed by atoms with Crippen LogP contribution in [0.3, 0.4) is 0 Å². The first kappa shape index (κ1) is 41.3. The van der Waals surface area contributed by atoms with Gasteiger partial charge in [-0.1, -0.05) is 83.0 Å². The number of hydrogen-bond acceptors (Lipinski definition) is 7. The lowest BCUT2D eigenvalue weighted by molar-refractivity contribution is -0.141. The van der Waals surface area contributed by atoms with E-state index in [0.29, 0.717) is 43.8 Å². The Kier molecular flexibility index (Phi) is 13.4. The summed E-state index contributed by atoms with van der Waals surface area (Å²) in [5.74, 6) is -1.46. The highest BCUT2D eigenvalue weighted by Gasteiger charge is 2.48. The third-order valence-corrected chi connectivity index (χ3v) is 12.9. The van der Waals surface area contributed by atoms with Gasteiger partial charge >= 0.3 is 6.09 Å². The molecule has 1 aromatic carbocycles. The Morgan fingerprint density at radius 3 is 2.36 bits per heavy atom. The molecule has 2 unspecified atom stereocenters. The molecule has 5 fully saturated rings. The van der Waals surface area contributed by atoms with E-state index in [1.54, 1.807) is 0 Å². The van der Waals surface area contributed by atoms with E-state index in [4.69, 9.17) is 16.3 Å². The molecule has 1 aromatic rings. The average molecular weight is 784 g/mol. The van der Waals surface area contributed by atoms with Gasteiger partial charge in [0.2, 0.25) is 11.8 Å². The largest absolute Gasteiger partial charge is 0.436 e. The lowest BCUT2D eigenvalue weighted by Gasteiger charge is -2.41. The Hall–Kier alpha value is -3.38. The van der Waals surface area contributed by atoms with Gasteiger partial charge in [0, 0.05) is 47.1 Å². The number of likely N-dealkylation sites (tertiary alicyclic amines) is 1. The number of nitrogens with one attached hydrogen (secondary N) is 4. The maximum atomic E-state index is 14.2. The number of amides is 5. The standard InChI is InChI=1S/C42H62ClN5O7/c1-41(2,3)39(53)48-19-17-42(18-20-48)25-29(36(50)47-42)24-33(35(49)38(52)44-31-15-16-31)45-37(51)34(23-26-9-5-4-6-10-26)55-40(54)46-32-14-8-12-28(32)21-27-11-7-13-30(43)22-27/h7,11,13,22,26,28-29,31-35,49H,4-6,8-10,12,14-21,23-25H2,1-3H3,(H,44,52)(H,45,51)(H,46,54)(H,47,50)/t28?,29-,32?,33-,34-,35-/m0/s1. The topological polar surface area (TPSA) is 166 Å². The lowest BCUT2D eigenvalue weighted by Crippen LogP contribution is -2.55. The summed E-state index contributed by atoms with van der Waals surface area (Å²) in [6, 6.07) is 6.54. The van der Waals surface area contributed by atoms with Crippen LogP contribution in [-0.4, -0.2) is 88.7 Å². The number of hydrogen-bond donors (Lipinski definition) is 5. The first-order chi connectivity index (χ1) is 26.2. The zero-order chi connectivity index (χ0) is 39.3. The first-order valence-corrected chi connectivity index (χ1v) is 21.2. The van der Waals surface area contributed by atoms with Gasteiger partial charge < -0.3 is 36.0 Å². The summed E-state index contributed by atoms with van der Waals surface area (Å²) in [5, 5.41) is 24.1. The molecule has 5 amide bonds. The van der Waals surface area contributed by atoms with Crippen molar-refractivity contribution in [2.45, 2.75) is 159 Å². The minimum Gasteiger partial charge on any atom is -0.436 e. The average Bonchev–Trinajstić information content (AvgIpc) is 3.78. The fourth-order valence-corrected chi connectivity index (χ4v) is 9.56. The van der Waals surface area contributed by atoms with Crippen molar-refractivity contribution in [2.24, 2.45) is 23.2 Å². The van der Waals surface area contributed by atoms with Crippen molar-refractivity contribution in [1.82, 2.24) is 26.2 Å². The van der Waals surface area contributed by atoms with Gasteiger partial charge in [0.25, 0.3) is 11.8 Å². The number of benzene rings is 1. The minimum absolute atomic E-state index is 0.0121. The van der Waals surface area contributed by atoms with E-state index in [0.717, 1.165) is 76.2 Å². The Morgan fingerprint density at radius 1 is 0.964 bits per heavy atom. The normalized spacial score (nSPS) is 25.8. The van der Waals surface area contributed by atoms with Gasteiger partial charge in [-0.15, -0.1) is 0 Å². The monoisotopic (exact) mass is 783 g/mol. The predicted molar refractivity (Wildman–Crippen MR) is 209 cm³/mol. The van der Waals surface area contributed by atoms with Crippen molar-refractivity contribution < 1.29 is 33.8 Å². The van der Waals surface area contributed by atoms with Gasteiger partial charge in [0.1, 0.15) is 0 Å². The molecule has 1 spiro atoms. The van der Waals surface area contributed by atoms with Crippen LogP contribution < -0.4 is 21.3 Å². The fourth-order valence-electron chi connectivity index (χ4n) is 9.34. The fraction of sp³-hybridized carbons (Fsp3) is 0.738. The molecular weight excluding hydrogens is 722 g/mol. The molecule has 12 nitrogen and oxygen atoms in total. The number of carbonyl (C=O) groups excluding carboxylic acids is 5. The van der Waals surface area contributed by atoms with E-state index in [-0.39, 0.29) is 42.2 Å². The molecule has 13 heteroatoms. The smallest absolute Gasteiger partial charge is 0.408 e. The van der Waals surface area contributed by atoms with Crippen molar-refractivity contribution >= 4 is 41.3 Å². The van der Waals surface area contributed by atoms with E-state index < -0.39 is 53.0 Å². The van der Waals surface area contributed by atoms with Crippen LogP contribution >= 0.6 is 11.6 Å². The Morgan fingerprint density at radius 2 is 1.69 bits per heavy atom. The zero-order valence-electron chi connectivity index (χ0n) is 32.9. The molecule has 0 radical (unpaired) electrons. The third-order valence-electron chi connectivity index (χ3n) is 12.6. The van der Waals surface area contributed by atoms with E-state index >= 15 is 0 Å². The molecule has 6 rings (SSSR count). The molecule has 3 saturated carbocycles. The van der Waals surface area contributed by atoms with E-state index in [1.807, 2.05) is 49.9 Å². The number of aliphatic hydroxyl groups excluding tert-OH is 1. The van der Waals surface area contributed by atoms with Crippen LogP contribution in [0.5, 0.6) is 0 Å². The summed E-state index contributed by atoms with van der Waals surface area (Å²) in [7, 11) is 0. The molecule has 0 bridgehead atoms. The zero-order valence-corrected chi connectivity index (χ0v) is 33.6. The van der Waals surface area contributed by atoms with Crippen molar-refractivity contribution in [3.05, 3.63) is 34.9 Å². The molecule has 55 heavy (non-hydrogen) atoms. The van der Waals surface area contributed by atoms with Crippen molar-refractivity contribution in [1.29, 1.82) is 0 Å². The van der Waals surface area contributed by atoms with Gasteiger partial charge in [0.05, 0.1) is 6.04 Å². The predicted octanol–water partition coefficient (Wildman–Crippen LogP) is 5.17. The number of aliphatic hydroxyl groups is 1. The van der Waals surface area contributed by atoms with Gasteiger partial charge in [-0.05, 0) is 93.7 Å². The van der Waals surface area contributed by atoms with Crippen LogP contribution in [0, 0.1) is 23.2 Å². The van der Waals surface area contributed by atoms with Crippen LogP contribution in [0.25, 0.3) is 0 Å². The van der Waals surface area contributed by atoms with Crippen LogP contribution in [-0.2, 0) is 30.3 Å². The molecular formula is C42H62ClN5O7. The molecule has 304 valence electrons. The second-order valence-electron chi connectivity index (χ2n) is 18.2. The summed E-state index contributed by atoms with van der Waals surface area (Å²) in [6.45, 7) is 6.76. The molecule has 2 heterocycles. The Balaban J connectivity index is 1.13. The lowest BCUT2D eigenvalue weighted by atomic mass is 9.81. The second kappa shape index (κ2) is 17.8. The van der Waals surface area contributed by atoms with Crippen LogP contribution in [0.2, 0.25) is 5.02 Å². The number of ether oxygens (including phenoxy) is 1. The van der Waals surface area contributed by atoms with Crippen molar-refractivity contribution in [2.75, 3.05) is 13.1 Å². The number of alkyl carbamates (subject to hydrolysis) is 1. The quantitative estimate of drug-likeness (QED) is 0.184. The molecule has 5 N–H and O–H groups in total. The highest BCUT2D eigenvalue weighted by molar-refractivity contribution is 6.30. The van der Waals surface area contributed by atoms with Crippen molar-refractivity contribution in [3.8, 4) is 0 Å². The Labute approximate surface area is 331 Å². The van der Waals surface area contributed by atoms with E-state index in [9.17, 15) is 29.1 Å². The van der Waals surface area contributed by atoms with Crippen molar-refractivity contribution in [3.63, 3.8) is 0 Å². The summed E-state index contributed by atoms with van der Waals surface area (Å²) in [6.07, 6.45) is 8.87. The number of halogens is 1. The number of rotatable bonds is 13. The molecule has 3 aliphatic carbocycles. The first-order valence-electron chi connectivity index (χ1n) is 20.8. The maximum Gasteiger partial charge on any atom is 0.408 e. The molecule has 5 aliphatic rings. The molecule has 2 saturated heterocycles. The van der Waals surface area contributed by atoms with Gasteiger partial charge in [-0.3, -0.25) is 19.2 Å². The van der Waals surface area contributed by atoms with Gasteiger partial charge in [-0.25, -0.2) is 4.79 Å². The van der Waals surface area contributed by atoms with Gasteiger partial charge in [0.15, 0.2) is 12.2 Å². The van der Waals surface area contributed by atoms with E-state index in [2.05, 4.69) is 21.3 Å². The number of piperidine rings is 1. The Bertz CT molecular complexity index is 1550. The number of carbonyl (C=O) groups is 5. The summed E-state index contributed by atoms with van der Waals surface area (Å²) >= 11 is 6.23. The van der Waals surface area contributed by atoms with E-state index in [1.165, 1.54) is 0 Å².